The van der Waals surface area contributed by atoms with Gasteiger partial charge in [0.1, 0.15) is 0 Å². The van der Waals surface area contributed by atoms with E-state index in [1.807, 2.05) is 43.0 Å². The lowest BCUT2D eigenvalue weighted by molar-refractivity contribution is -0.131. The number of likely N-dealkylation sites (tertiary alicyclic amines) is 1. The minimum atomic E-state index is 0.0967. The van der Waals surface area contributed by atoms with Gasteiger partial charge in [-0.1, -0.05) is 36.8 Å². The highest BCUT2D eigenvalue weighted by molar-refractivity contribution is 5.79. The number of benzene rings is 1. The highest BCUT2D eigenvalue weighted by Crippen LogP contribution is 2.13. The van der Waals surface area contributed by atoms with E-state index in [2.05, 4.69) is 5.32 Å². The average molecular weight is 288 g/mol. The molecule has 1 aliphatic heterocycles. The molecule has 1 fully saturated rings. The van der Waals surface area contributed by atoms with Crippen LogP contribution in [-0.2, 0) is 16.0 Å². The topological polar surface area (TPSA) is 49.4 Å². The van der Waals surface area contributed by atoms with Crippen LogP contribution in [-0.4, -0.2) is 35.8 Å². The van der Waals surface area contributed by atoms with Crippen LogP contribution in [0.3, 0.4) is 0 Å². The van der Waals surface area contributed by atoms with Gasteiger partial charge in [-0.3, -0.25) is 9.59 Å². The number of nitrogens with zero attached hydrogens (tertiary/aromatic N) is 1. The Kier molecular flexibility index (Phi) is 5.37. The Bertz CT molecular complexity index is 488. The molecule has 4 nitrogen and oxygen atoms in total. The number of rotatable bonds is 4. The molecule has 2 rings (SSSR count). The second-order valence-electron chi connectivity index (χ2n) is 5.74. The van der Waals surface area contributed by atoms with Crippen molar-refractivity contribution in [3.8, 4) is 0 Å². The number of hydrogen-bond acceptors (Lipinski definition) is 2. The fourth-order valence-electron chi connectivity index (χ4n) is 2.60. The lowest BCUT2D eigenvalue weighted by Crippen LogP contribution is -2.46. The first kappa shape index (κ1) is 15.5. The van der Waals surface area contributed by atoms with E-state index in [-0.39, 0.29) is 17.9 Å². The molecule has 21 heavy (non-hydrogen) atoms. The Morgan fingerprint density at radius 3 is 2.38 bits per heavy atom. The minimum absolute atomic E-state index is 0.0967. The summed E-state index contributed by atoms with van der Waals surface area (Å²) in [5.41, 5.74) is 2.27. The summed E-state index contributed by atoms with van der Waals surface area (Å²) in [7, 11) is 0. The quantitative estimate of drug-likeness (QED) is 0.922. The molecule has 114 valence electrons. The first-order valence-electron chi connectivity index (χ1n) is 7.71. The largest absolute Gasteiger partial charge is 0.353 e. The maximum Gasteiger partial charge on any atom is 0.226 e. The molecule has 1 N–H and O–H groups in total. The van der Waals surface area contributed by atoms with Crippen molar-refractivity contribution in [2.45, 2.75) is 45.6 Å². The summed E-state index contributed by atoms with van der Waals surface area (Å²) >= 11 is 0. The Morgan fingerprint density at radius 1 is 1.19 bits per heavy atom. The average Bonchev–Trinajstić information content (AvgIpc) is 2.50. The molecule has 0 unspecified atom stereocenters. The lowest BCUT2D eigenvalue weighted by Gasteiger charge is -2.32. The summed E-state index contributed by atoms with van der Waals surface area (Å²) in [6, 6.07) is 8.33. The van der Waals surface area contributed by atoms with Gasteiger partial charge in [0.2, 0.25) is 11.8 Å². The standard InChI is InChI=1S/C17H24N2O2/c1-3-16(20)18-15-8-10-19(11-9-15)17(21)12-14-6-4-13(2)5-7-14/h4-7,15H,3,8-12H2,1-2H3,(H,18,20). The van der Waals surface area contributed by atoms with E-state index in [0.717, 1.165) is 31.5 Å². The van der Waals surface area contributed by atoms with Crippen molar-refractivity contribution in [2.24, 2.45) is 0 Å². The van der Waals surface area contributed by atoms with E-state index in [9.17, 15) is 9.59 Å². The van der Waals surface area contributed by atoms with E-state index in [1.165, 1.54) is 5.56 Å². The smallest absolute Gasteiger partial charge is 0.226 e. The van der Waals surface area contributed by atoms with Crippen LogP contribution in [0.15, 0.2) is 24.3 Å². The van der Waals surface area contributed by atoms with Gasteiger partial charge in [0.15, 0.2) is 0 Å². The van der Waals surface area contributed by atoms with Gasteiger partial charge in [-0.05, 0) is 25.3 Å². The summed E-state index contributed by atoms with van der Waals surface area (Å²) in [6.45, 7) is 5.37. The van der Waals surface area contributed by atoms with Crippen LogP contribution in [0.1, 0.15) is 37.3 Å². The highest BCUT2D eigenvalue weighted by Gasteiger charge is 2.23. The van der Waals surface area contributed by atoms with E-state index >= 15 is 0 Å². The van der Waals surface area contributed by atoms with Crippen molar-refractivity contribution in [2.75, 3.05) is 13.1 Å². The molecule has 1 aromatic carbocycles. The number of hydrogen-bond donors (Lipinski definition) is 1. The van der Waals surface area contributed by atoms with Crippen molar-refractivity contribution >= 4 is 11.8 Å². The number of nitrogens with one attached hydrogen (secondary N) is 1. The molecule has 2 amide bonds. The maximum absolute atomic E-state index is 12.3. The Morgan fingerprint density at radius 2 is 1.81 bits per heavy atom. The lowest BCUT2D eigenvalue weighted by atomic mass is 10.0. The molecule has 0 spiro atoms. The highest BCUT2D eigenvalue weighted by atomic mass is 16.2. The molecular weight excluding hydrogens is 264 g/mol. The molecule has 4 heteroatoms. The monoisotopic (exact) mass is 288 g/mol. The van der Waals surface area contributed by atoms with Crippen molar-refractivity contribution in [3.63, 3.8) is 0 Å². The molecule has 0 aliphatic carbocycles. The van der Waals surface area contributed by atoms with Gasteiger partial charge in [0, 0.05) is 25.6 Å². The van der Waals surface area contributed by atoms with Crippen molar-refractivity contribution in [1.29, 1.82) is 0 Å². The second kappa shape index (κ2) is 7.25. The van der Waals surface area contributed by atoms with E-state index in [4.69, 9.17) is 0 Å². The summed E-state index contributed by atoms with van der Waals surface area (Å²) in [6.07, 6.45) is 2.69. The third kappa shape index (κ3) is 4.59. The van der Waals surface area contributed by atoms with Crippen molar-refractivity contribution in [1.82, 2.24) is 10.2 Å². The van der Waals surface area contributed by atoms with E-state index in [1.54, 1.807) is 0 Å². The third-order valence-electron chi connectivity index (χ3n) is 4.01. The van der Waals surface area contributed by atoms with Crippen LogP contribution in [0.5, 0.6) is 0 Å². The molecule has 0 atom stereocenters. The maximum atomic E-state index is 12.3. The summed E-state index contributed by atoms with van der Waals surface area (Å²) in [4.78, 5) is 25.6. The fourth-order valence-corrected chi connectivity index (χ4v) is 2.60. The van der Waals surface area contributed by atoms with Crippen LogP contribution < -0.4 is 5.32 Å². The third-order valence-corrected chi connectivity index (χ3v) is 4.01. The van der Waals surface area contributed by atoms with Crippen LogP contribution in [0.25, 0.3) is 0 Å². The van der Waals surface area contributed by atoms with Crippen molar-refractivity contribution in [3.05, 3.63) is 35.4 Å². The molecule has 1 heterocycles. The summed E-state index contributed by atoms with van der Waals surface area (Å²) in [5.74, 6) is 0.276. The van der Waals surface area contributed by atoms with Crippen molar-refractivity contribution < 1.29 is 9.59 Å². The zero-order chi connectivity index (χ0) is 15.2. The van der Waals surface area contributed by atoms with Crippen LogP contribution in [0.2, 0.25) is 0 Å². The first-order valence-corrected chi connectivity index (χ1v) is 7.71. The van der Waals surface area contributed by atoms with Gasteiger partial charge in [0.05, 0.1) is 6.42 Å². The predicted octanol–water partition coefficient (Wildman–Crippen LogP) is 2.05. The van der Waals surface area contributed by atoms with Gasteiger partial charge >= 0.3 is 0 Å². The summed E-state index contributed by atoms with van der Waals surface area (Å²) < 4.78 is 0. The van der Waals surface area contributed by atoms with Crippen LogP contribution in [0.4, 0.5) is 0 Å². The number of carbonyl (C=O) groups excluding carboxylic acids is 2. The molecule has 1 saturated heterocycles. The first-order chi connectivity index (χ1) is 10.1. The zero-order valence-electron chi connectivity index (χ0n) is 12.9. The molecule has 0 radical (unpaired) electrons. The zero-order valence-corrected chi connectivity index (χ0v) is 12.9. The summed E-state index contributed by atoms with van der Waals surface area (Å²) in [5, 5.41) is 3.01. The SMILES string of the molecule is CCC(=O)NC1CCN(C(=O)Cc2ccc(C)cc2)CC1. The van der Waals surface area contributed by atoms with E-state index < -0.39 is 0 Å². The van der Waals surface area contributed by atoms with Gasteiger partial charge in [0.25, 0.3) is 0 Å². The van der Waals surface area contributed by atoms with Crippen LogP contribution >= 0.6 is 0 Å². The molecule has 1 aromatic rings. The van der Waals surface area contributed by atoms with E-state index in [0.29, 0.717) is 12.8 Å². The Balaban J connectivity index is 1.80. The normalized spacial score (nSPS) is 15.8. The Hall–Kier alpha value is -1.84. The minimum Gasteiger partial charge on any atom is -0.353 e. The predicted molar refractivity (Wildman–Crippen MR) is 82.9 cm³/mol. The Labute approximate surface area is 126 Å². The molecule has 1 aliphatic rings. The fraction of sp³-hybridized carbons (Fsp3) is 0.529. The van der Waals surface area contributed by atoms with Gasteiger partial charge in [-0.15, -0.1) is 0 Å². The molecule has 0 saturated carbocycles. The molecule has 0 aromatic heterocycles. The number of piperidine rings is 1. The number of amides is 2. The number of carbonyl (C=O) groups is 2. The van der Waals surface area contributed by atoms with Gasteiger partial charge < -0.3 is 10.2 Å². The second-order valence-corrected chi connectivity index (χ2v) is 5.74. The van der Waals surface area contributed by atoms with Gasteiger partial charge in [-0.25, -0.2) is 0 Å². The number of aryl methyl sites for hydroxylation is 1. The molecular formula is C17H24N2O2. The van der Waals surface area contributed by atoms with Crippen LogP contribution in [0, 0.1) is 6.92 Å². The van der Waals surface area contributed by atoms with Gasteiger partial charge in [-0.2, -0.15) is 0 Å². The molecule has 0 bridgehead atoms.